The Kier molecular flexibility index (Phi) is 5.86. The van der Waals surface area contributed by atoms with Gasteiger partial charge in [-0.25, -0.2) is 14.4 Å². The molecule has 0 atom stereocenters. The first-order valence-electron chi connectivity index (χ1n) is 8.72. The smallest absolute Gasteiger partial charge is 0.368 e. The normalized spacial score (nSPS) is 11.1. The van der Waals surface area contributed by atoms with E-state index in [2.05, 4.69) is 20.6 Å². The van der Waals surface area contributed by atoms with E-state index in [4.69, 9.17) is 5.73 Å². The molecule has 0 spiro atoms. The van der Waals surface area contributed by atoms with Crippen molar-refractivity contribution in [3.05, 3.63) is 76.9 Å². The first kappa shape index (κ1) is 21.7. The Bertz CT molecular complexity index is 1150. The molecular formula is C20H15F4N5O2. The minimum Gasteiger partial charge on any atom is -0.368 e. The number of anilines is 3. The van der Waals surface area contributed by atoms with Gasteiger partial charge in [0.25, 0.3) is 11.8 Å². The highest BCUT2D eigenvalue weighted by Crippen LogP contribution is 2.32. The van der Waals surface area contributed by atoms with E-state index in [0.29, 0.717) is 23.4 Å². The van der Waals surface area contributed by atoms with E-state index >= 15 is 0 Å². The van der Waals surface area contributed by atoms with Gasteiger partial charge in [-0.05, 0) is 42.8 Å². The Hall–Kier alpha value is -4.02. The SMILES string of the molecule is Cc1ccc(NC(=O)c2ccc(F)c(C(F)(F)F)c2)cc1C(=O)Nc1cnc(N)nc1. The number of aromatic nitrogens is 2. The van der Waals surface area contributed by atoms with Crippen molar-refractivity contribution in [2.75, 3.05) is 16.4 Å². The number of hydrogen-bond acceptors (Lipinski definition) is 5. The van der Waals surface area contributed by atoms with Gasteiger partial charge in [-0.2, -0.15) is 13.2 Å². The Balaban J connectivity index is 1.81. The zero-order valence-electron chi connectivity index (χ0n) is 15.9. The lowest BCUT2D eigenvalue weighted by molar-refractivity contribution is -0.140. The first-order chi connectivity index (χ1) is 14.5. The van der Waals surface area contributed by atoms with Gasteiger partial charge in [-0.1, -0.05) is 6.07 Å². The van der Waals surface area contributed by atoms with E-state index in [9.17, 15) is 27.2 Å². The monoisotopic (exact) mass is 433 g/mol. The van der Waals surface area contributed by atoms with E-state index in [1.165, 1.54) is 24.5 Å². The summed E-state index contributed by atoms with van der Waals surface area (Å²) in [5.41, 5.74) is 4.68. The number of carbonyl (C=O) groups is 2. The number of nitrogens with one attached hydrogen (secondary N) is 2. The molecule has 0 radical (unpaired) electrons. The van der Waals surface area contributed by atoms with Gasteiger partial charge in [0, 0.05) is 16.8 Å². The first-order valence-corrected chi connectivity index (χ1v) is 8.72. The van der Waals surface area contributed by atoms with E-state index in [1.807, 2.05) is 0 Å². The van der Waals surface area contributed by atoms with Crippen LogP contribution in [0.1, 0.15) is 31.8 Å². The summed E-state index contributed by atoms with van der Waals surface area (Å²) in [4.78, 5) is 32.4. The summed E-state index contributed by atoms with van der Waals surface area (Å²) in [6.45, 7) is 1.66. The maximum absolute atomic E-state index is 13.4. The Morgan fingerprint density at radius 3 is 2.23 bits per heavy atom. The number of alkyl halides is 3. The summed E-state index contributed by atoms with van der Waals surface area (Å²) in [7, 11) is 0. The fourth-order valence-electron chi connectivity index (χ4n) is 2.63. The average molecular weight is 433 g/mol. The minimum absolute atomic E-state index is 0.0355. The van der Waals surface area contributed by atoms with Crippen molar-refractivity contribution in [3.8, 4) is 0 Å². The van der Waals surface area contributed by atoms with Gasteiger partial charge < -0.3 is 16.4 Å². The topological polar surface area (TPSA) is 110 Å². The fraction of sp³-hybridized carbons (Fsp3) is 0.100. The molecule has 2 amide bonds. The molecule has 0 aliphatic rings. The highest BCUT2D eigenvalue weighted by molar-refractivity contribution is 6.08. The van der Waals surface area contributed by atoms with Crippen molar-refractivity contribution in [2.24, 2.45) is 0 Å². The van der Waals surface area contributed by atoms with Crippen LogP contribution in [-0.2, 0) is 6.18 Å². The van der Waals surface area contributed by atoms with Crippen molar-refractivity contribution >= 4 is 29.1 Å². The summed E-state index contributed by atoms with van der Waals surface area (Å²) in [5.74, 6) is -2.87. The molecule has 2 aromatic carbocycles. The minimum atomic E-state index is -4.94. The standard InChI is InChI=1S/C20H15F4N5O2/c1-10-2-4-12(7-14(10)18(31)29-13-8-26-19(25)27-9-13)28-17(30)11-3-5-16(21)15(6-11)20(22,23)24/h2-9H,1H3,(H,28,30)(H,29,31)(H2,25,26,27). The number of aryl methyl sites for hydroxylation is 1. The van der Waals surface area contributed by atoms with Crippen LogP contribution in [0.2, 0.25) is 0 Å². The lowest BCUT2D eigenvalue weighted by atomic mass is 10.1. The molecule has 4 N–H and O–H groups in total. The van der Waals surface area contributed by atoms with Gasteiger partial charge >= 0.3 is 6.18 Å². The second kappa shape index (κ2) is 8.38. The molecule has 0 aliphatic carbocycles. The quantitative estimate of drug-likeness (QED) is 0.538. The van der Waals surface area contributed by atoms with Crippen LogP contribution in [0.5, 0.6) is 0 Å². The van der Waals surface area contributed by atoms with Crippen molar-refractivity contribution in [1.29, 1.82) is 0 Å². The molecule has 11 heteroatoms. The van der Waals surface area contributed by atoms with Gasteiger partial charge in [-0.15, -0.1) is 0 Å². The number of benzene rings is 2. The van der Waals surface area contributed by atoms with Gasteiger partial charge in [0.05, 0.1) is 23.6 Å². The Morgan fingerprint density at radius 2 is 1.58 bits per heavy atom. The van der Waals surface area contributed by atoms with Crippen LogP contribution in [0.15, 0.2) is 48.8 Å². The molecule has 1 aromatic heterocycles. The number of amides is 2. The van der Waals surface area contributed by atoms with Gasteiger partial charge in [0.2, 0.25) is 5.95 Å². The number of carbonyl (C=O) groups excluding carboxylic acids is 2. The number of nitrogen functional groups attached to an aromatic ring is 1. The lowest BCUT2D eigenvalue weighted by Gasteiger charge is -2.12. The number of nitrogens with zero attached hydrogens (tertiary/aromatic N) is 2. The molecule has 0 saturated heterocycles. The predicted molar refractivity (Wildman–Crippen MR) is 105 cm³/mol. The van der Waals surface area contributed by atoms with Crippen molar-refractivity contribution < 1.29 is 27.2 Å². The summed E-state index contributed by atoms with van der Waals surface area (Å²) < 4.78 is 52.1. The molecule has 0 fully saturated rings. The number of nitrogens with two attached hydrogens (primary N) is 1. The average Bonchev–Trinajstić information content (AvgIpc) is 2.70. The lowest BCUT2D eigenvalue weighted by Crippen LogP contribution is -2.17. The van der Waals surface area contributed by atoms with E-state index in [-0.39, 0.29) is 22.8 Å². The molecule has 0 aliphatic heterocycles. The molecule has 7 nitrogen and oxygen atoms in total. The molecule has 3 aromatic rings. The number of rotatable bonds is 4. The van der Waals surface area contributed by atoms with Crippen LogP contribution in [0.25, 0.3) is 0 Å². The van der Waals surface area contributed by atoms with Crippen LogP contribution in [0.4, 0.5) is 34.9 Å². The van der Waals surface area contributed by atoms with Crippen LogP contribution in [-0.4, -0.2) is 21.8 Å². The second-order valence-electron chi connectivity index (χ2n) is 6.46. The van der Waals surface area contributed by atoms with Gasteiger partial charge in [0.15, 0.2) is 0 Å². The third kappa shape index (κ3) is 5.13. The molecule has 0 saturated carbocycles. The van der Waals surface area contributed by atoms with Crippen LogP contribution < -0.4 is 16.4 Å². The van der Waals surface area contributed by atoms with E-state index < -0.39 is 29.4 Å². The molecule has 0 unspecified atom stereocenters. The van der Waals surface area contributed by atoms with Crippen LogP contribution in [0, 0.1) is 12.7 Å². The molecule has 160 valence electrons. The zero-order chi connectivity index (χ0) is 22.8. The number of halogens is 4. The van der Waals surface area contributed by atoms with Crippen molar-refractivity contribution in [1.82, 2.24) is 9.97 Å². The Labute approximate surface area is 173 Å². The largest absolute Gasteiger partial charge is 0.419 e. The summed E-state index contributed by atoms with van der Waals surface area (Å²) >= 11 is 0. The predicted octanol–water partition coefficient (Wildman–Crippen LogP) is 4.03. The highest BCUT2D eigenvalue weighted by Gasteiger charge is 2.34. The van der Waals surface area contributed by atoms with Crippen LogP contribution >= 0.6 is 0 Å². The molecule has 31 heavy (non-hydrogen) atoms. The second-order valence-corrected chi connectivity index (χ2v) is 6.46. The van der Waals surface area contributed by atoms with Gasteiger partial charge in [-0.3, -0.25) is 9.59 Å². The molecule has 1 heterocycles. The van der Waals surface area contributed by atoms with Crippen LogP contribution in [0.3, 0.4) is 0 Å². The maximum atomic E-state index is 13.4. The zero-order valence-corrected chi connectivity index (χ0v) is 15.9. The third-order valence-corrected chi connectivity index (χ3v) is 4.20. The highest BCUT2D eigenvalue weighted by atomic mass is 19.4. The summed E-state index contributed by atoms with van der Waals surface area (Å²) in [5, 5.41) is 4.97. The summed E-state index contributed by atoms with van der Waals surface area (Å²) in [6.07, 6.45) is -2.32. The fourth-order valence-corrected chi connectivity index (χ4v) is 2.63. The van der Waals surface area contributed by atoms with Crippen molar-refractivity contribution in [2.45, 2.75) is 13.1 Å². The van der Waals surface area contributed by atoms with Crippen molar-refractivity contribution in [3.63, 3.8) is 0 Å². The number of hydrogen-bond donors (Lipinski definition) is 3. The van der Waals surface area contributed by atoms with E-state index in [1.54, 1.807) is 13.0 Å². The third-order valence-electron chi connectivity index (χ3n) is 4.20. The van der Waals surface area contributed by atoms with Gasteiger partial charge in [0.1, 0.15) is 5.82 Å². The Morgan fingerprint density at radius 1 is 0.935 bits per heavy atom. The molecule has 0 bridgehead atoms. The summed E-state index contributed by atoms with van der Waals surface area (Å²) in [6, 6.07) is 6.31. The van der Waals surface area contributed by atoms with E-state index in [0.717, 1.165) is 6.07 Å². The molecule has 3 rings (SSSR count). The molecular weight excluding hydrogens is 418 g/mol. The maximum Gasteiger partial charge on any atom is 0.419 e.